The first kappa shape index (κ1) is 21.8. The van der Waals surface area contributed by atoms with E-state index in [2.05, 4.69) is 66.9 Å². The molecule has 0 saturated heterocycles. The fourth-order valence-electron chi connectivity index (χ4n) is 4.49. The van der Waals surface area contributed by atoms with Gasteiger partial charge in [0.1, 0.15) is 0 Å². The lowest BCUT2D eigenvalue weighted by Gasteiger charge is -2.31. The van der Waals surface area contributed by atoms with Crippen LogP contribution >= 0.6 is 0 Å². The third-order valence-electron chi connectivity index (χ3n) is 6.11. The highest BCUT2D eigenvalue weighted by Gasteiger charge is 2.37. The fourth-order valence-corrected chi connectivity index (χ4v) is 5.75. The van der Waals surface area contributed by atoms with Crippen molar-refractivity contribution in [3.8, 4) is 0 Å². The Bertz CT molecular complexity index is 1130. The van der Waals surface area contributed by atoms with Crippen molar-refractivity contribution in [1.29, 1.82) is 0 Å². The molecule has 0 radical (unpaired) electrons. The molecule has 0 amide bonds. The zero-order valence-electron chi connectivity index (χ0n) is 18.3. The van der Waals surface area contributed by atoms with Crippen molar-refractivity contribution in [1.82, 2.24) is 9.62 Å². The zero-order valence-corrected chi connectivity index (χ0v) is 19.1. The SMILES string of the molecule is CC(C)c1ccc(CN(C)[C@H]2c3ccccc3C[C@@H]2NS(=O)(=O)c2ccccc2)cc1. The van der Waals surface area contributed by atoms with Gasteiger partial charge in [-0.2, -0.15) is 0 Å². The van der Waals surface area contributed by atoms with E-state index in [0.29, 0.717) is 17.2 Å². The Morgan fingerprint density at radius 1 is 0.935 bits per heavy atom. The lowest BCUT2D eigenvalue weighted by Crippen LogP contribution is -2.43. The Labute approximate surface area is 186 Å². The van der Waals surface area contributed by atoms with Crippen LogP contribution in [0.2, 0.25) is 0 Å². The molecular formula is C26H30N2O2S. The number of hydrogen-bond acceptors (Lipinski definition) is 3. The molecule has 2 atom stereocenters. The molecule has 5 heteroatoms. The molecule has 3 aromatic rings. The minimum Gasteiger partial charge on any atom is -0.293 e. The number of fused-ring (bicyclic) bond motifs is 1. The molecule has 31 heavy (non-hydrogen) atoms. The van der Waals surface area contributed by atoms with Crippen LogP contribution in [0.3, 0.4) is 0 Å². The highest BCUT2D eigenvalue weighted by Crippen LogP contribution is 2.36. The first-order valence-electron chi connectivity index (χ1n) is 10.8. The first-order valence-corrected chi connectivity index (χ1v) is 12.3. The molecule has 0 saturated carbocycles. The number of nitrogens with one attached hydrogen (secondary N) is 1. The molecule has 0 bridgehead atoms. The quantitative estimate of drug-likeness (QED) is 0.576. The standard InChI is InChI=1S/C26H30N2O2S/c1-19(2)21-15-13-20(14-16-21)18-28(3)26-24-12-8-7-9-22(24)17-25(26)27-31(29,30)23-10-5-4-6-11-23/h4-16,19,25-27H,17-18H2,1-3H3/t25-,26-/m0/s1. The summed E-state index contributed by atoms with van der Waals surface area (Å²) in [7, 11) is -1.52. The van der Waals surface area contributed by atoms with E-state index in [0.717, 1.165) is 6.54 Å². The van der Waals surface area contributed by atoms with Gasteiger partial charge in [-0.05, 0) is 53.8 Å². The van der Waals surface area contributed by atoms with E-state index in [4.69, 9.17) is 0 Å². The molecule has 0 spiro atoms. The summed E-state index contributed by atoms with van der Waals surface area (Å²) in [5.41, 5.74) is 4.95. The van der Waals surface area contributed by atoms with Gasteiger partial charge in [-0.25, -0.2) is 13.1 Å². The summed E-state index contributed by atoms with van der Waals surface area (Å²) in [6, 6.07) is 25.4. The number of benzene rings is 3. The average Bonchev–Trinajstić information content (AvgIpc) is 3.12. The number of nitrogens with zero attached hydrogens (tertiary/aromatic N) is 1. The minimum atomic E-state index is -3.59. The predicted octanol–water partition coefficient (Wildman–Crippen LogP) is 4.89. The number of rotatable bonds is 7. The van der Waals surface area contributed by atoms with Crippen molar-refractivity contribution in [3.05, 3.63) is 101 Å². The van der Waals surface area contributed by atoms with E-state index in [1.165, 1.54) is 22.3 Å². The van der Waals surface area contributed by atoms with Gasteiger partial charge in [0, 0.05) is 12.6 Å². The van der Waals surface area contributed by atoms with E-state index in [9.17, 15) is 8.42 Å². The molecule has 1 aliphatic rings. The molecular weight excluding hydrogens is 404 g/mol. The third-order valence-corrected chi connectivity index (χ3v) is 7.61. The van der Waals surface area contributed by atoms with Crippen molar-refractivity contribution >= 4 is 10.0 Å². The van der Waals surface area contributed by atoms with Gasteiger partial charge in [0.15, 0.2) is 0 Å². The molecule has 1 N–H and O–H groups in total. The zero-order chi connectivity index (χ0) is 22.0. The summed E-state index contributed by atoms with van der Waals surface area (Å²) in [5, 5.41) is 0. The third kappa shape index (κ3) is 4.74. The monoisotopic (exact) mass is 434 g/mol. The van der Waals surface area contributed by atoms with Crippen LogP contribution in [0.1, 0.15) is 48.1 Å². The molecule has 4 nitrogen and oxygen atoms in total. The number of likely N-dealkylation sites (N-methyl/N-ethyl adjacent to an activating group) is 1. The van der Waals surface area contributed by atoms with Crippen LogP contribution in [0.4, 0.5) is 0 Å². The van der Waals surface area contributed by atoms with Gasteiger partial charge in [0.05, 0.1) is 10.9 Å². The van der Waals surface area contributed by atoms with Crippen molar-refractivity contribution in [2.45, 2.75) is 49.7 Å². The molecule has 162 valence electrons. The maximum atomic E-state index is 13.0. The van der Waals surface area contributed by atoms with Gasteiger partial charge >= 0.3 is 0 Å². The number of sulfonamides is 1. The summed E-state index contributed by atoms with van der Waals surface area (Å²) in [4.78, 5) is 2.56. The first-order chi connectivity index (χ1) is 14.8. The van der Waals surface area contributed by atoms with Crippen LogP contribution < -0.4 is 4.72 Å². The van der Waals surface area contributed by atoms with Crippen LogP contribution in [0, 0.1) is 0 Å². The van der Waals surface area contributed by atoms with Gasteiger partial charge in [-0.15, -0.1) is 0 Å². The molecule has 4 rings (SSSR count). The lowest BCUT2D eigenvalue weighted by atomic mass is 10.0. The lowest BCUT2D eigenvalue weighted by molar-refractivity contribution is 0.209. The van der Waals surface area contributed by atoms with E-state index in [1.54, 1.807) is 24.3 Å². The molecule has 0 unspecified atom stereocenters. The van der Waals surface area contributed by atoms with Crippen LogP contribution in [-0.2, 0) is 23.0 Å². The Kier molecular flexibility index (Phi) is 6.28. The highest BCUT2D eigenvalue weighted by molar-refractivity contribution is 7.89. The second-order valence-electron chi connectivity index (χ2n) is 8.70. The Morgan fingerprint density at radius 3 is 2.26 bits per heavy atom. The normalized spacial score (nSPS) is 18.5. The van der Waals surface area contributed by atoms with Gasteiger partial charge < -0.3 is 0 Å². The predicted molar refractivity (Wildman–Crippen MR) is 125 cm³/mol. The average molecular weight is 435 g/mol. The van der Waals surface area contributed by atoms with Crippen LogP contribution in [0.5, 0.6) is 0 Å². The molecule has 0 fully saturated rings. The van der Waals surface area contributed by atoms with Gasteiger partial charge in [-0.3, -0.25) is 4.90 Å². The van der Waals surface area contributed by atoms with Crippen molar-refractivity contribution < 1.29 is 8.42 Å². The Balaban J connectivity index is 1.59. The summed E-state index contributed by atoms with van der Waals surface area (Å²) in [6.07, 6.45) is 0.684. The van der Waals surface area contributed by atoms with Crippen molar-refractivity contribution in [2.75, 3.05) is 7.05 Å². The van der Waals surface area contributed by atoms with Gasteiger partial charge in [0.25, 0.3) is 0 Å². The van der Waals surface area contributed by atoms with E-state index >= 15 is 0 Å². The molecule has 0 aliphatic heterocycles. The van der Waals surface area contributed by atoms with Crippen molar-refractivity contribution in [2.24, 2.45) is 0 Å². The Hall–Kier alpha value is -2.47. The summed E-state index contributed by atoms with van der Waals surface area (Å²) in [5.74, 6) is 0.505. The largest absolute Gasteiger partial charge is 0.293 e. The summed E-state index contributed by atoms with van der Waals surface area (Å²) >= 11 is 0. The minimum absolute atomic E-state index is 0.0283. The number of hydrogen-bond donors (Lipinski definition) is 1. The summed E-state index contributed by atoms with van der Waals surface area (Å²) < 4.78 is 29.1. The van der Waals surface area contributed by atoms with E-state index in [-0.39, 0.29) is 12.1 Å². The van der Waals surface area contributed by atoms with Gasteiger partial charge in [-0.1, -0.05) is 80.6 Å². The van der Waals surface area contributed by atoms with Crippen LogP contribution in [0.25, 0.3) is 0 Å². The fraction of sp³-hybridized carbons (Fsp3) is 0.308. The molecule has 0 aromatic heterocycles. The second kappa shape index (κ2) is 8.95. The van der Waals surface area contributed by atoms with Crippen molar-refractivity contribution in [3.63, 3.8) is 0 Å². The van der Waals surface area contributed by atoms with E-state index in [1.807, 2.05) is 18.2 Å². The summed E-state index contributed by atoms with van der Waals surface area (Å²) in [6.45, 7) is 5.14. The maximum Gasteiger partial charge on any atom is 0.240 e. The van der Waals surface area contributed by atoms with E-state index < -0.39 is 10.0 Å². The van der Waals surface area contributed by atoms with Gasteiger partial charge in [0.2, 0.25) is 10.0 Å². The van der Waals surface area contributed by atoms with Crippen LogP contribution in [-0.4, -0.2) is 26.4 Å². The molecule has 0 heterocycles. The maximum absolute atomic E-state index is 13.0. The molecule has 3 aromatic carbocycles. The molecule has 1 aliphatic carbocycles. The van der Waals surface area contributed by atoms with Crippen LogP contribution in [0.15, 0.2) is 83.8 Å². The second-order valence-corrected chi connectivity index (χ2v) is 10.4. The highest BCUT2D eigenvalue weighted by atomic mass is 32.2. The smallest absolute Gasteiger partial charge is 0.240 e. The topological polar surface area (TPSA) is 49.4 Å². The Morgan fingerprint density at radius 2 is 1.58 bits per heavy atom.